The molecular formula is C13H18ClN3S. The van der Waals surface area contributed by atoms with Crippen molar-refractivity contribution >= 4 is 40.3 Å². The van der Waals surface area contributed by atoms with Crippen molar-refractivity contribution in [3.8, 4) is 0 Å². The first-order valence-electron chi connectivity index (χ1n) is 6.17. The lowest BCUT2D eigenvalue weighted by Crippen LogP contribution is -2.32. The Morgan fingerprint density at radius 1 is 1.44 bits per heavy atom. The number of hydrogen-bond acceptors (Lipinski definition) is 2. The van der Waals surface area contributed by atoms with Crippen LogP contribution in [0.2, 0.25) is 5.02 Å². The van der Waals surface area contributed by atoms with E-state index < -0.39 is 0 Å². The number of anilines is 2. The maximum absolute atomic E-state index is 6.32. The third-order valence-corrected chi connectivity index (χ3v) is 3.74. The molecule has 1 aromatic rings. The second-order valence-corrected chi connectivity index (χ2v) is 5.67. The molecule has 1 aliphatic heterocycles. The standard InChI is InChI=1S/C13H18ClN3S/c1-9-4-6-17(7-5-9)12-3-2-10(8-11(12)14)16-13(15)18/h2-3,8-9H,4-7H2,1H3,(H3,15,16,18). The van der Waals surface area contributed by atoms with Crippen LogP contribution in [0.4, 0.5) is 11.4 Å². The van der Waals surface area contributed by atoms with Gasteiger partial charge >= 0.3 is 0 Å². The fourth-order valence-electron chi connectivity index (χ4n) is 2.23. The Hall–Kier alpha value is -1.00. The van der Waals surface area contributed by atoms with Crippen molar-refractivity contribution in [3.05, 3.63) is 23.2 Å². The Kier molecular flexibility index (Phi) is 4.30. The van der Waals surface area contributed by atoms with Gasteiger partial charge in [-0.2, -0.15) is 0 Å². The average Bonchev–Trinajstić information content (AvgIpc) is 2.30. The Bertz CT molecular complexity index is 442. The summed E-state index contributed by atoms with van der Waals surface area (Å²) < 4.78 is 0. The van der Waals surface area contributed by atoms with Gasteiger partial charge in [0.15, 0.2) is 5.11 Å². The number of thiocarbonyl (C=S) groups is 1. The van der Waals surface area contributed by atoms with E-state index in [1.165, 1.54) is 12.8 Å². The number of rotatable bonds is 2. The van der Waals surface area contributed by atoms with Crippen LogP contribution >= 0.6 is 23.8 Å². The van der Waals surface area contributed by atoms with Gasteiger partial charge in [0.1, 0.15) is 0 Å². The maximum atomic E-state index is 6.32. The predicted octanol–water partition coefficient (Wildman–Crippen LogP) is 3.23. The molecule has 1 aliphatic rings. The molecule has 0 atom stereocenters. The number of nitrogens with one attached hydrogen (secondary N) is 1. The van der Waals surface area contributed by atoms with Crippen LogP contribution in [-0.4, -0.2) is 18.2 Å². The third kappa shape index (κ3) is 3.27. The van der Waals surface area contributed by atoms with Crippen molar-refractivity contribution in [2.24, 2.45) is 11.7 Å². The van der Waals surface area contributed by atoms with Crippen LogP contribution in [0, 0.1) is 5.92 Å². The molecule has 0 aromatic heterocycles. The minimum absolute atomic E-state index is 0.255. The van der Waals surface area contributed by atoms with Crippen molar-refractivity contribution < 1.29 is 0 Å². The topological polar surface area (TPSA) is 41.3 Å². The second kappa shape index (κ2) is 5.76. The first-order chi connectivity index (χ1) is 8.56. The second-order valence-electron chi connectivity index (χ2n) is 4.83. The number of nitrogens with two attached hydrogens (primary N) is 1. The molecule has 3 N–H and O–H groups in total. The average molecular weight is 284 g/mol. The van der Waals surface area contributed by atoms with Gasteiger partial charge in [0, 0.05) is 18.8 Å². The summed E-state index contributed by atoms with van der Waals surface area (Å²) >= 11 is 11.1. The highest BCUT2D eigenvalue weighted by Gasteiger charge is 2.18. The molecule has 1 aromatic carbocycles. The fourth-order valence-corrected chi connectivity index (χ4v) is 2.65. The summed E-state index contributed by atoms with van der Waals surface area (Å²) in [4.78, 5) is 2.34. The minimum Gasteiger partial charge on any atom is -0.376 e. The molecule has 0 unspecified atom stereocenters. The maximum Gasteiger partial charge on any atom is 0.168 e. The van der Waals surface area contributed by atoms with Gasteiger partial charge in [0.05, 0.1) is 10.7 Å². The summed E-state index contributed by atoms with van der Waals surface area (Å²) in [5.74, 6) is 0.815. The summed E-state index contributed by atoms with van der Waals surface area (Å²) in [6.45, 7) is 4.44. The molecule has 0 spiro atoms. The van der Waals surface area contributed by atoms with E-state index >= 15 is 0 Å². The summed E-state index contributed by atoms with van der Waals surface area (Å²) in [5, 5.41) is 3.89. The molecule has 0 bridgehead atoms. The van der Waals surface area contributed by atoms with Crippen LogP contribution in [0.5, 0.6) is 0 Å². The number of hydrogen-bond donors (Lipinski definition) is 2. The van der Waals surface area contributed by atoms with Crippen molar-refractivity contribution in [3.63, 3.8) is 0 Å². The molecule has 98 valence electrons. The molecule has 0 amide bonds. The predicted molar refractivity (Wildman–Crippen MR) is 82.5 cm³/mol. The van der Waals surface area contributed by atoms with Crippen LogP contribution in [0.1, 0.15) is 19.8 Å². The van der Waals surface area contributed by atoms with E-state index in [0.717, 1.165) is 35.4 Å². The molecule has 1 fully saturated rings. The molecule has 5 heteroatoms. The van der Waals surface area contributed by atoms with E-state index in [2.05, 4.69) is 17.1 Å². The summed E-state index contributed by atoms with van der Waals surface area (Å²) in [5.41, 5.74) is 7.37. The van der Waals surface area contributed by atoms with Crippen LogP contribution in [0.3, 0.4) is 0 Å². The first kappa shape index (κ1) is 13.4. The van der Waals surface area contributed by atoms with E-state index in [-0.39, 0.29) is 5.11 Å². The van der Waals surface area contributed by atoms with Crippen LogP contribution in [0.25, 0.3) is 0 Å². The lowest BCUT2D eigenvalue weighted by molar-refractivity contribution is 0.438. The SMILES string of the molecule is CC1CCN(c2ccc(NC(N)=S)cc2Cl)CC1. The van der Waals surface area contributed by atoms with E-state index in [9.17, 15) is 0 Å². The molecular weight excluding hydrogens is 266 g/mol. The Morgan fingerprint density at radius 2 is 2.11 bits per heavy atom. The summed E-state index contributed by atoms with van der Waals surface area (Å²) in [6, 6.07) is 5.85. The van der Waals surface area contributed by atoms with Gasteiger partial charge in [0.25, 0.3) is 0 Å². The van der Waals surface area contributed by atoms with Crippen molar-refractivity contribution in [1.82, 2.24) is 0 Å². The highest BCUT2D eigenvalue weighted by Crippen LogP contribution is 2.31. The highest BCUT2D eigenvalue weighted by atomic mass is 35.5. The number of benzene rings is 1. The van der Waals surface area contributed by atoms with Gasteiger partial charge in [0.2, 0.25) is 0 Å². The molecule has 0 saturated carbocycles. The lowest BCUT2D eigenvalue weighted by Gasteiger charge is -2.32. The van der Waals surface area contributed by atoms with Crippen molar-refractivity contribution in [2.45, 2.75) is 19.8 Å². The zero-order chi connectivity index (χ0) is 13.1. The smallest absolute Gasteiger partial charge is 0.168 e. The molecule has 3 nitrogen and oxygen atoms in total. The zero-order valence-electron chi connectivity index (χ0n) is 10.4. The van der Waals surface area contributed by atoms with Crippen molar-refractivity contribution in [1.29, 1.82) is 0 Å². The normalized spacial score (nSPS) is 16.7. The summed E-state index contributed by atoms with van der Waals surface area (Å²) in [6.07, 6.45) is 2.45. The van der Waals surface area contributed by atoms with Gasteiger partial charge in [-0.25, -0.2) is 0 Å². The van der Waals surface area contributed by atoms with Gasteiger partial charge in [-0.3, -0.25) is 0 Å². The number of piperidine rings is 1. The molecule has 0 radical (unpaired) electrons. The monoisotopic (exact) mass is 283 g/mol. The van der Waals surface area contributed by atoms with Crippen LogP contribution < -0.4 is 16.0 Å². The van der Waals surface area contributed by atoms with Gasteiger partial charge < -0.3 is 16.0 Å². The molecule has 0 aliphatic carbocycles. The van der Waals surface area contributed by atoms with Crippen LogP contribution in [0.15, 0.2) is 18.2 Å². The number of nitrogens with zero attached hydrogens (tertiary/aromatic N) is 1. The van der Waals surface area contributed by atoms with E-state index in [1.807, 2.05) is 18.2 Å². The zero-order valence-corrected chi connectivity index (χ0v) is 12.0. The first-order valence-corrected chi connectivity index (χ1v) is 6.96. The molecule has 2 rings (SSSR count). The molecule has 1 saturated heterocycles. The Labute approximate surface area is 118 Å². The largest absolute Gasteiger partial charge is 0.376 e. The Morgan fingerprint density at radius 3 is 2.67 bits per heavy atom. The third-order valence-electron chi connectivity index (χ3n) is 3.34. The quantitative estimate of drug-likeness (QED) is 0.818. The lowest BCUT2D eigenvalue weighted by atomic mass is 9.99. The van der Waals surface area contributed by atoms with E-state index in [4.69, 9.17) is 29.6 Å². The fraction of sp³-hybridized carbons (Fsp3) is 0.462. The summed E-state index contributed by atoms with van der Waals surface area (Å²) in [7, 11) is 0. The van der Waals surface area contributed by atoms with Gasteiger partial charge in [-0.15, -0.1) is 0 Å². The van der Waals surface area contributed by atoms with E-state index in [1.54, 1.807) is 0 Å². The number of halogens is 1. The highest BCUT2D eigenvalue weighted by molar-refractivity contribution is 7.80. The van der Waals surface area contributed by atoms with E-state index in [0.29, 0.717) is 0 Å². The van der Waals surface area contributed by atoms with Crippen molar-refractivity contribution in [2.75, 3.05) is 23.3 Å². The minimum atomic E-state index is 0.255. The van der Waals surface area contributed by atoms with Crippen LogP contribution in [-0.2, 0) is 0 Å². The molecule has 18 heavy (non-hydrogen) atoms. The Balaban J connectivity index is 2.12. The molecule has 1 heterocycles. The van der Waals surface area contributed by atoms with Gasteiger partial charge in [-0.05, 0) is 49.2 Å². The van der Waals surface area contributed by atoms with Gasteiger partial charge in [-0.1, -0.05) is 18.5 Å².